The van der Waals surface area contributed by atoms with Gasteiger partial charge in [0.1, 0.15) is 12.1 Å². The predicted molar refractivity (Wildman–Crippen MR) is 124 cm³/mol. The Balaban J connectivity index is 2.53. The molecular weight excluding hydrogens is 483 g/mol. The van der Waals surface area contributed by atoms with Crippen LogP contribution in [0.1, 0.15) is 51.4 Å². The molecule has 0 aliphatic carbocycles. The highest BCUT2D eigenvalue weighted by Gasteiger charge is 2.41. The number of likely N-dealkylation sites (tertiary alicyclic amines) is 1. The molecule has 1 fully saturated rings. The molecule has 1 heterocycles. The number of allylic oxidation sites excluding steroid dienone is 1. The Labute approximate surface area is 207 Å². The lowest BCUT2D eigenvalue weighted by Crippen LogP contribution is -2.51. The second-order valence-electron chi connectivity index (χ2n) is 8.47. The number of hydrogen-bond acceptors (Lipinski definition) is 8. The molecule has 204 valence electrons. The fourth-order valence-electron chi connectivity index (χ4n) is 3.65. The van der Waals surface area contributed by atoms with Gasteiger partial charge < -0.3 is 41.6 Å². The Morgan fingerprint density at radius 2 is 1.78 bits per heavy atom. The van der Waals surface area contributed by atoms with Gasteiger partial charge in [0, 0.05) is 50.3 Å². The molecule has 0 aromatic rings. The van der Waals surface area contributed by atoms with Crippen LogP contribution in [0.25, 0.3) is 0 Å². The third-order valence-electron chi connectivity index (χ3n) is 5.46. The van der Waals surface area contributed by atoms with Crippen molar-refractivity contribution in [3.05, 3.63) is 11.9 Å². The first-order valence-electron chi connectivity index (χ1n) is 11.5. The number of carboxylic acids is 3. The summed E-state index contributed by atoms with van der Waals surface area (Å²) in [6, 6.07) is -4.42. The van der Waals surface area contributed by atoms with Gasteiger partial charge in [0.15, 0.2) is 0 Å². The molecule has 1 saturated heterocycles. The Morgan fingerprint density at radius 1 is 1.08 bits per heavy atom. The first-order chi connectivity index (χ1) is 16.9. The van der Waals surface area contributed by atoms with Gasteiger partial charge in [0.2, 0.25) is 5.91 Å². The van der Waals surface area contributed by atoms with Crippen LogP contribution in [0, 0.1) is 0 Å². The summed E-state index contributed by atoms with van der Waals surface area (Å²) in [5, 5.41) is 33.6. The molecule has 14 nitrogen and oxygen atoms in total. The highest BCUT2D eigenvalue weighted by molar-refractivity contribution is 5.87. The SMILES string of the molecule is N/C(=C\N(N)CCCCC(=O)NC1CC(C(=O)O)N(C(=O)NC(CCC(=O)O)C(=O)O)C1)CCCF. The van der Waals surface area contributed by atoms with Crippen LogP contribution in [0.4, 0.5) is 9.18 Å². The van der Waals surface area contributed by atoms with E-state index in [2.05, 4.69) is 10.6 Å². The van der Waals surface area contributed by atoms with Crippen LogP contribution in [-0.4, -0.2) is 93.0 Å². The van der Waals surface area contributed by atoms with Gasteiger partial charge in [0.05, 0.1) is 6.67 Å². The maximum absolute atomic E-state index is 12.5. The molecule has 3 amide bonds. The third-order valence-corrected chi connectivity index (χ3v) is 5.46. The maximum atomic E-state index is 12.5. The summed E-state index contributed by atoms with van der Waals surface area (Å²) in [6.07, 6.45) is 2.43. The summed E-state index contributed by atoms with van der Waals surface area (Å²) in [6.45, 7) is -0.214. The summed E-state index contributed by atoms with van der Waals surface area (Å²) in [4.78, 5) is 59.4. The van der Waals surface area contributed by atoms with Crippen molar-refractivity contribution in [2.45, 2.75) is 69.5 Å². The minimum Gasteiger partial charge on any atom is -0.481 e. The number of carbonyl (C=O) groups is 5. The molecule has 36 heavy (non-hydrogen) atoms. The van der Waals surface area contributed by atoms with Gasteiger partial charge in [0.25, 0.3) is 0 Å². The van der Waals surface area contributed by atoms with Crippen molar-refractivity contribution in [3.63, 3.8) is 0 Å². The number of hydrazine groups is 1. The number of amides is 3. The second-order valence-corrected chi connectivity index (χ2v) is 8.47. The molecule has 1 rings (SSSR count). The van der Waals surface area contributed by atoms with Crippen molar-refractivity contribution in [1.82, 2.24) is 20.5 Å². The summed E-state index contributed by atoms with van der Waals surface area (Å²) in [5.74, 6) is 1.43. The van der Waals surface area contributed by atoms with E-state index >= 15 is 0 Å². The molecule has 1 aliphatic heterocycles. The van der Waals surface area contributed by atoms with Crippen molar-refractivity contribution in [1.29, 1.82) is 0 Å². The molecule has 0 radical (unpaired) electrons. The zero-order chi connectivity index (χ0) is 27.3. The average molecular weight is 519 g/mol. The van der Waals surface area contributed by atoms with Crippen LogP contribution >= 0.6 is 0 Å². The highest BCUT2D eigenvalue weighted by Crippen LogP contribution is 2.19. The largest absolute Gasteiger partial charge is 0.481 e. The number of hydrogen-bond donors (Lipinski definition) is 7. The normalized spacial score (nSPS) is 18.4. The quantitative estimate of drug-likeness (QED) is 0.0786. The van der Waals surface area contributed by atoms with Crippen LogP contribution < -0.4 is 22.2 Å². The first kappa shape index (κ1) is 30.4. The minimum atomic E-state index is -1.51. The van der Waals surface area contributed by atoms with Gasteiger partial charge in [-0.2, -0.15) is 0 Å². The summed E-state index contributed by atoms with van der Waals surface area (Å²) in [5.41, 5.74) is 6.17. The molecule has 3 atom stereocenters. The second kappa shape index (κ2) is 15.4. The molecule has 1 aliphatic rings. The average Bonchev–Trinajstić information content (AvgIpc) is 3.21. The minimum absolute atomic E-state index is 0.0686. The van der Waals surface area contributed by atoms with E-state index in [1.807, 2.05) is 0 Å². The maximum Gasteiger partial charge on any atom is 0.326 e. The van der Waals surface area contributed by atoms with Crippen molar-refractivity contribution in [2.24, 2.45) is 11.6 Å². The van der Waals surface area contributed by atoms with Crippen LogP contribution in [-0.2, 0) is 19.2 Å². The molecule has 0 aromatic heterocycles. The molecule has 0 saturated carbocycles. The van der Waals surface area contributed by atoms with Gasteiger partial charge in [-0.1, -0.05) is 0 Å². The van der Waals surface area contributed by atoms with E-state index in [0.29, 0.717) is 37.9 Å². The zero-order valence-corrected chi connectivity index (χ0v) is 19.9. The molecule has 15 heteroatoms. The van der Waals surface area contributed by atoms with Gasteiger partial charge >= 0.3 is 23.9 Å². The van der Waals surface area contributed by atoms with E-state index in [4.69, 9.17) is 16.7 Å². The number of halogens is 1. The van der Waals surface area contributed by atoms with Gasteiger partial charge in [-0.05, 0) is 32.1 Å². The van der Waals surface area contributed by atoms with E-state index in [1.54, 1.807) is 0 Å². The number of nitrogens with one attached hydrogen (secondary N) is 2. The van der Waals surface area contributed by atoms with E-state index in [-0.39, 0.29) is 31.7 Å². The summed E-state index contributed by atoms with van der Waals surface area (Å²) >= 11 is 0. The standard InChI is InChI=1S/C21H35FN6O8/c22-8-3-4-13(23)11-27(24)9-2-1-5-17(29)25-14-10-16(20(34)35)28(12-14)21(36)26-15(19(32)33)6-7-18(30)31/h11,14-16H,1-10,12,23-24H2,(H,25,29)(H,26,36)(H,30,31)(H,32,33)(H,34,35)/b13-11-. The van der Waals surface area contributed by atoms with Crippen LogP contribution in [0.2, 0.25) is 0 Å². The van der Waals surface area contributed by atoms with Crippen molar-refractivity contribution in [3.8, 4) is 0 Å². The molecule has 0 aromatic carbocycles. The van der Waals surface area contributed by atoms with Crippen molar-refractivity contribution >= 4 is 29.8 Å². The Hall–Kier alpha value is -3.62. The lowest BCUT2D eigenvalue weighted by atomic mass is 10.1. The predicted octanol–water partition coefficient (Wildman–Crippen LogP) is -0.446. The molecule has 9 N–H and O–H groups in total. The summed E-state index contributed by atoms with van der Waals surface area (Å²) < 4.78 is 12.2. The summed E-state index contributed by atoms with van der Waals surface area (Å²) in [7, 11) is 0. The molecular formula is C21H35FN6O8. The number of carboxylic acid groups (broad SMARTS) is 3. The number of nitrogens with zero attached hydrogens (tertiary/aromatic N) is 2. The van der Waals surface area contributed by atoms with E-state index in [9.17, 15) is 38.6 Å². The Morgan fingerprint density at radius 3 is 2.36 bits per heavy atom. The zero-order valence-electron chi connectivity index (χ0n) is 19.9. The van der Waals surface area contributed by atoms with Gasteiger partial charge in [-0.25, -0.2) is 20.2 Å². The number of rotatable bonds is 16. The number of unbranched alkanes of at least 4 members (excludes halogenated alkanes) is 1. The monoisotopic (exact) mass is 518 g/mol. The lowest BCUT2D eigenvalue weighted by Gasteiger charge is -2.24. The van der Waals surface area contributed by atoms with Gasteiger partial charge in [-0.3, -0.25) is 14.0 Å². The van der Waals surface area contributed by atoms with Crippen LogP contribution in [0.5, 0.6) is 0 Å². The number of aliphatic carboxylic acids is 3. The fraction of sp³-hybridized carbons (Fsp3) is 0.667. The fourth-order valence-corrected chi connectivity index (χ4v) is 3.65. The van der Waals surface area contributed by atoms with Gasteiger partial charge in [-0.15, -0.1) is 0 Å². The Kier molecular flexibility index (Phi) is 13.0. The lowest BCUT2D eigenvalue weighted by molar-refractivity contribution is -0.141. The molecule has 0 spiro atoms. The van der Waals surface area contributed by atoms with Crippen LogP contribution in [0.3, 0.4) is 0 Å². The van der Waals surface area contributed by atoms with Crippen molar-refractivity contribution in [2.75, 3.05) is 19.8 Å². The number of urea groups is 1. The van der Waals surface area contributed by atoms with E-state index < -0.39 is 55.2 Å². The first-order valence-corrected chi connectivity index (χ1v) is 11.5. The number of alkyl halides is 1. The Bertz CT molecular complexity index is 826. The molecule has 0 bridgehead atoms. The highest BCUT2D eigenvalue weighted by atomic mass is 19.1. The van der Waals surface area contributed by atoms with E-state index in [0.717, 1.165) is 4.90 Å². The third kappa shape index (κ3) is 11.2. The number of nitrogens with two attached hydrogens (primary N) is 2. The number of carbonyl (C=O) groups excluding carboxylic acids is 2. The smallest absolute Gasteiger partial charge is 0.326 e. The molecule has 3 unspecified atom stereocenters. The van der Waals surface area contributed by atoms with Crippen molar-refractivity contribution < 1.29 is 43.7 Å². The topological polar surface area (TPSA) is 229 Å². The van der Waals surface area contributed by atoms with Crippen LogP contribution in [0.15, 0.2) is 11.9 Å². The van der Waals surface area contributed by atoms with E-state index in [1.165, 1.54) is 11.2 Å².